The first-order valence-electron chi connectivity index (χ1n) is 8.65. The molecule has 0 atom stereocenters. The zero-order chi connectivity index (χ0) is 20.8. The maximum atomic E-state index is 12.3. The van der Waals surface area contributed by atoms with Gasteiger partial charge in [0.05, 0.1) is 4.92 Å². The Labute approximate surface area is 171 Å². The van der Waals surface area contributed by atoms with Gasteiger partial charge in [-0.25, -0.2) is 9.97 Å². The Balaban J connectivity index is 1.89. The summed E-state index contributed by atoms with van der Waals surface area (Å²) in [4.78, 5) is 33.2. The second kappa shape index (κ2) is 8.98. The number of nitro groups is 1. The van der Waals surface area contributed by atoms with E-state index in [2.05, 4.69) is 20.8 Å². The molecule has 9 nitrogen and oxygen atoms in total. The maximum Gasteiger partial charge on any atom is 0.355 e. The van der Waals surface area contributed by atoms with Crippen molar-refractivity contribution < 1.29 is 9.72 Å². The maximum absolute atomic E-state index is 12.3. The van der Waals surface area contributed by atoms with Crippen molar-refractivity contribution in [3.05, 3.63) is 81.6 Å². The van der Waals surface area contributed by atoms with E-state index >= 15 is 0 Å². The SMILES string of the molecule is CCN(c1ccccc1)c1ncnc(NNC(=O)c2ccc(Cl)cc2)c1[N+](=O)[O-]. The van der Waals surface area contributed by atoms with E-state index in [-0.39, 0.29) is 17.3 Å². The van der Waals surface area contributed by atoms with E-state index in [1.807, 2.05) is 37.3 Å². The number of halogens is 1. The number of hydrogen-bond donors (Lipinski definition) is 2. The van der Waals surface area contributed by atoms with Gasteiger partial charge in [-0.15, -0.1) is 0 Å². The topological polar surface area (TPSA) is 113 Å². The second-order valence-electron chi connectivity index (χ2n) is 5.82. The minimum absolute atomic E-state index is 0.113. The number of aromatic nitrogens is 2. The smallest absolute Gasteiger partial charge is 0.321 e. The third-order valence-electron chi connectivity index (χ3n) is 4.03. The molecule has 0 saturated carbocycles. The van der Waals surface area contributed by atoms with Crippen LogP contribution in [0.2, 0.25) is 5.02 Å². The largest absolute Gasteiger partial charge is 0.355 e. The summed E-state index contributed by atoms with van der Waals surface area (Å²) < 4.78 is 0. The summed E-state index contributed by atoms with van der Waals surface area (Å²) in [6, 6.07) is 15.4. The van der Waals surface area contributed by atoms with E-state index in [4.69, 9.17) is 11.6 Å². The first-order chi connectivity index (χ1) is 14.0. The van der Waals surface area contributed by atoms with Crippen molar-refractivity contribution in [3.63, 3.8) is 0 Å². The highest BCUT2D eigenvalue weighted by molar-refractivity contribution is 6.30. The molecule has 3 aromatic rings. The Morgan fingerprint density at radius 1 is 1.14 bits per heavy atom. The molecule has 0 aliphatic heterocycles. The molecule has 0 aliphatic carbocycles. The van der Waals surface area contributed by atoms with Gasteiger partial charge in [-0.1, -0.05) is 29.8 Å². The van der Waals surface area contributed by atoms with Gasteiger partial charge in [0.25, 0.3) is 5.91 Å². The van der Waals surface area contributed by atoms with Crippen LogP contribution in [-0.4, -0.2) is 27.3 Å². The minimum Gasteiger partial charge on any atom is -0.321 e. The Morgan fingerprint density at radius 2 is 1.83 bits per heavy atom. The molecular weight excluding hydrogens is 396 g/mol. The molecule has 148 valence electrons. The molecule has 0 fully saturated rings. The quantitative estimate of drug-likeness (QED) is 0.446. The van der Waals surface area contributed by atoms with Crippen LogP contribution in [0.25, 0.3) is 0 Å². The van der Waals surface area contributed by atoms with Crippen molar-refractivity contribution in [2.75, 3.05) is 16.9 Å². The summed E-state index contributed by atoms with van der Waals surface area (Å²) in [5.41, 5.74) is 5.66. The zero-order valence-corrected chi connectivity index (χ0v) is 16.1. The molecule has 0 aliphatic rings. The van der Waals surface area contributed by atoms with Crippen LogP contribution in [0.5, 0.6) is 0 Å². The van der Waals surface area contributed by atoms with Crippen molar-refractivity contribution in [2.24, 2.45) is 0 Å². The Morgan fingerprint density at radius 3 is 2.45 bits per heavy atom. The second-order valence-corrected chi connectivity index (χ2v) is 6.25. The summed E-state index contributed by atoms with van der Waals surface area (Å²) >= 11 is 5.81. The lowest BCUT2D eigenvalue weighted by molar-refractivity contribution is -0.383. The fourth-order valence-electron chi connectivity index (χ4n) is 2.68. The predicted octanol–water partition coefficient (Wildman–Crippen LogP) is 3.95. The van der Waals surface area contributed by atoms with Crippen LogP contribution in [0.1, 0.15) is 17.3 Å². The number of para-hydroxylation sites is 1. The van der Waals surface area contributed by atoms with Gasteiger partial charge < -0.3 is 4.90 Å². The van der Waals surface area contributed by atoms with Gasteiger partial charge in [0.15, 0.2) is 0 Å². The monoisotopic (exact) mass is 412 g/mol. The molecule has 2 aromatic carbocycles. The molecule has 0 spiro atoms. The summed E-state index contributed by atoms with van der Waals surface area (Å²) in [6.07, 6.45) is 1.20. The normalized spacial score (nSPS) is 10.3. The summed E-state index contributed by atoms with van der Waals surface area (Å²) in [5, 5.41) is 12.3. The summed E-state index contributed by atoms with van der Waals surface area (Å²) in [6.45, 7) is 2.30. The van der Waals surface area contributed by atoms with Crippen LogP contribution < -0.4 is 15.8 Å². The molecule has 0 bridgehead atoms. The fraction of sp³-hybridized carbons (Fsp3) is 0.105. The Kier molecular flexibility index (Phi) is 6.20. The molecule has 1 amide bonds. The number of anilines is 3. The molecule has 1 aromatic heterocycles. The molecule has 0 saturated heterocycles. The van der Waals surface area contributed by atoms with E-state index in [9.17, 15) is 14.9 Å². The van der Waals surface area contributed by atoms with E-state index in [1.54, 1.807) is 17.0 Å². The minimum atomic E-state index is -0.586. The predicted molar refractivity (Wildman–Crippen MR) is 110 cm³/mol. The lowest BCUT2D eigenvalue weighted by Gasteiger charge is -2.22. The van der Waals surface area contributed by atoms with Crippen molar-refractivity contribution in [3.8, 4) is 0 Å². The molecular formula is C19H17ClN6O3. The lowest BCUT2D eigenvalue weighted by atomic mass is 10.2. The van der Waals surface area contributed by atoms with E-state index in [0.717, 1.165) is 5.69 Å². The first-order valence-corrected chi connectivity index (χ1v) is 9.03. The number of rotatable bonds is 7. The van der Waals surface area contributed by atoms with E-state index < -0.39 is 10.8 Å². The van der Waals surface area contributed by atoms with E-state index in [0.29, 0.717) is 17.1 Å². The van der Waals surface area contributed by atoms with Crippen LogP contribution in [0.3, 0.4) is 0 Å². The summed E-state index contributed by atoms with van der Waals surface area (Å²) in [7, 11) is 0. The van der Waals surface area contributed by atoms with Gasteiger partial charge in [-0.3, -0.25) is 25.8 Å². The van der Waals surface area contributed by atoms with Crippen molar-refractivity contribution in [1.82, 2.24) is 15.4 Å². The first kappa shape index (κ1) is 20.0. The average molecular weight is 413 g/mol. The molecule has 0 radical (unpaired) electrons. The van der Waals surface area contributed by atoms with Crippen LogP contribution >= 0.6 is 11.6 Å². The third kappa shape index (κ3) is 4.58. The summed E-state index contributed by atoms with van der Waals surface area (Å²) in [5.74, 6) is -0.509. The Bertz CT molecular complexity index is 1010. The number of carbonyl (C=O) groups excluding carboxylic acids is 1. The van der Waals surface area contributed by atoms with Crippen LogP contribution in [-0.2, 0) is 0 Å². The number of hydrogen-bond acceptors (Lipinski definition) is 7. The number of hydrazine groups is 1. The van der Waals surface area contributed by atoms with Gasteiger partial charge in [0.1, 0.15) is 6.33 Å². The fourth-order valence-corrected chi connectivity index (χ4v) is 2.80. The highest BCUT2D eigenvalue weighted by Crippen LogP contribution is 2.35. The molecule has 29 heavy (non-hydrogen) atoms. The van der Waals surface area contributed by atoms with Gasteiger partial charge in [-0.05, 0) is 43.3 Å². The number of carbonyl (C=O) groups is 1. The van der Waals surface area contributed by atoms with Gasteiger partial charge in [0.2, 0.25) is 11.6 Å². The highest BCUT2D eigenvalue weighted by Gasteiger charge is 2.27. The number of nitrogens with zero attached hydrogens (tertiary/aromatic N) is 4. The van der Waals surface area contributed by atoms with Crippen LogP contribution in [0, 0.1) is 10.1 Å². The number of benzene rings is 2. The molecule has 3 rings (SSSR count). The number of amides is 1. The molecule has 0 unspecified atom stereocenters. The molecule has 1 heterocycles. The Hall–Kier alpha value is -3.72. The lowest BCUT2D eigenvalue weighted by Crippen LogP contribution is -2.30. The highest BCUT2D eigenvalue weighted by atomic mass is 35.5. The van der Waals surface area contributed by atoms with Crippen molar-refractivity contribution in [1.29, 1.82) is 0 Å². The van der Waals surface area contributed by atoms with Gasteiger partial charge in [0, 0.05) is 22.8 Å². The van der Waals surface area contributed by atoms with Crippen molar-refractivity contribution >= 4 is 40.5 Å². The van der Waals surface area contributed by atoms with Crippen LogP contribution in [0.4, 0.5) is 23.0 Å². The van der Waals surface area contributed by atoms with Crippen molar-refractivity contribution in [2.45, 2.75) is 6.92 Å². The number of nitrogens with one attached hydrogen (secondary N) is 2. The third-order valence-corrected chi connectivity index (χ3v) is 4.28. The van der Waals surface area contributed by atoms with Gasteiger partial charge >= 0.3 is 5.69 Å². The van der Waals surface area contributed by atoms with Crippen LogP contribution in [0.15, 0.2) is 60.9 Å². The van der Waals surface area contributed by atoms with Gasteiger partial charge in [-0.2, -0.15) is 0 Å². The van der Waals surface area contributed by atoms with E-state index in [1.165, 1.54) is 18.5 Å². The molecule has 10 heteroatoms. The standard InChI is InChI=1S/C19H17ClN6O3/c1-2-25(15-6-4-3-5-7-15)18-16(26(28)29)17(21-12-22-18)23-24-19(27)13-8-10-14(20)11-9-13/h3-12H,2H2,1H3,(H,24,27)(H,21,22,23). The zero-order valence-electron chi connectivity index (χ0n) is 15.4. The molecule has 2 N–H and O–H groups in total. The average Bonchev–Trinajstić information content (AvgIpc) is 2.73.